The van der Waals surface area contributed by atoms with Crippen molar-refractivity contribution in [3.63, 3.8) is 0 Å². The van der Waals surface area contributed by atoms with E-state index in [2.05, 4.69) is 20.7 Å². The Kier molecular flexibility index (Phi) is 4.21. The summed E-state index contributed by atoms with van der Waals surface area (Å²) in [7, 11) is 1.33. The van der Waals surface area contributed by atoms with Gasteiger partial charge < -0.3 is 15.4 Å². The lowest BCUT2D eigenvalue weighted by Gasteiger charge is -2.19. The maximum Gasteiger partial charge on any atom is 0.337 e. The molecule has 1 atom stereocenters. The van der Waals surface area contributed by atoms with E-state index in [9.17, 15) is 9.59 Å². The van der Waals surface area contributed by atoms with Gasteiger partial charge in [0.25, 0.3) is 0 Å². The van der Waals surface area contributed by atoms with Crippen LogP contribution in [0.4, 0.5) is 5.69 Å². The third kappa shape index (κ3) is 2.79. The van der Waals surface area contributed by atoms with Crippen molar-refractivity contribution < 1.29 is 14.3 Å². The number of hydrogen-bond acceptors (Lipinski definition) is 4. The van der Waals surface area contributed by atoms with E-state index >= 15 is 0 Å². The number of ether oxygens (including phenoxy) is 1. The second-order valence-electron chi connectivity index (χ2n) is 4.47. The van der Waals surface area contributed by atoms with Gasteiger partial charge in [-0.2, -0.15) is 0 Å². The van der Waals surface area contributed by atoms with Crippen molar-refractivity contribution in [1.29, 1.82) is 0 Å². The molecule has 0 saturated carbocycles. The average molecular weight is 327 g/mol. The Bertz CT molecular complexity index is 519. The number of methoxy groups -OCH3 is 1. The molecule has 2 N–H and O–H groups in total. The Balaban J connectivity index is 2.34. The number of esters is 1. The highest BCUT2D eigenvalue weighted by Gasteiger charge is 2.31. The fourth-order valence-corrected chi connectivity index (χ4v) is 2.60. The number of halogens is 1. The molecular formula is C13H15BrN2O3. The third-order valence-electron chi connectivity index (χ3n) is 3.20. The number of amides is 1. The molecule has 0 radical (unpaired) electrons. The summed E-state index contributed by atoms with van der Waals surface area (Å²) in [5, 5.41) is 0. The second kappa shape index (κ2) is 5.71. The zero-order valence-corrected chi connectivity index (χ0v) is 12.1. The van der Waals surface area contributed by atoms with E-state index in [1.807, 2.05) is 0 Å². The number of benzene rings is 1. The summed E-state index contributed by atoms with van der Waals surface area (Å²) >= 11 is 3.40. The van der Waals surface area contributed by atoms with Crippen LogP contribution in [0, 0.1) is 5.92 Å². The lowest BCUT2D eigenvalue weighted by Crippen LogP contribution is -2.26. The van der Waals surface area contributed by atoms with Crippen LogP contribution in [0.2, 0.25) is 0 Å². The normalized spacial score (nSPS) is 18.8. The van der Waals surface area contributed by atoms with Gasteiger partial charge in [-0.25, -0.2) is 4.79 Å². The summed E-state index contributed by atoms with van der Waals surface area (Å²) < 4.78 is 5.45. The van der Waals surface area contributed by atoms with Crippen LogP contribution < -0.4 is 10.6 Å². The smallest absolute Gasteiger partial charge is 0.337 e. The molecule has 1 aliphatic heterocycles. The fraction of sp³-hybridized carbons (Fsp3) is 0.385. The third-order valence-corrected chi connectivity index (χ3v) is 3.87. The van der Waals surface area contributed by atoms with Crippen LogP contribution in [0.3, 0.4) is 0 Å². The number of anilines is 1. The predicted molar refractivity (Wildman–Crippen MR) is 75.0 cm³/mol. The van der Waals surface area contributed by atoms with E-state index in [1.165, 1.54) is 7.11 Å². The molecule has 1 aromatic carbocycles. The number of rotatable bonds is 3. The summed E-state index contributed by atoms with van der Waals surface area (Å²) in [6.45, 7) is 1.06. The number of carbonyl (C=O) groups excluding carboxylic acids is 2. The molecule has 1 amide bonds. The Hall–Kier alpha value is -1.40. The molecule has 1 fully saturated rings. The van der Waals surface area contributed by atoms with Gasteiger partial charge in [-0.15, -0.1) is 0 Å². The van der Waals surface area contributed by atoms with E-state index in [1.54, 1.807) is 23.1 Å². The van der Waals surface area contributed by atoms with Crippen LogP contribution >= 0.6 is 15.9 Å². The van der Waals surface area contributed by atoms with Gasteiger partial charge in [-0.3, -0.25) is 4.79 Å². The van der Waals surface area contributed by atoms with Crippen molar-refractivity contribution in [2.24, 2.45) is 11.7 Å². The number of nitrogens with zero attached hydrogens (tertiary/aromatic N) is 1. The van der Waals surface area contributed by atoms with Crippen LogP contribution in [0.25, 0.3) is 0 Å². The largest absolute Gasteiger partial charge is 0.465 e. The molecule has 102 valence electrons. The molecule has 1 saturated heterocycles. The Morgan fingerprint density at radius 1 is 1.58 bits per heavy atom. The van der Waals surface area contributed by atoms with Crippen LogP contribution in [0.15, 0.2) is 22.7 Å². The van der Waals surface area contributed by atoms with Crippen molar-refractivity contribution in [3.8, 4) is 0 Å². The van der Waals surface area contributed by atoms with Gasteiger partial charge >= 0.3 is 5.97 Å². The molecule has 0 aromatic heterocycles. The minimum atomic E-state index is -0.421. The maximum atomic E-state index is 12.0. The van der Waals surface area contributed by atoms with E-state index in [0.29, 0.717) is 30.8 Å². The Morgan fingerprint density at radius 2 is 2.32 bits per heavy atom. The maximum absolute atomic E-state index is 12.0. The SMILES string of the molecule is COC(=O)c1ccc(Br)c(N2CC(CN)CC2=O)c1. The van der Waals surface area contributed by atoms with Crippen LogP contribution in [0.5, 0.6) is 0 Å². The lowest BCUT2D eigenvalue weighted by atomic mass is 10.1. The summed E-state index contributed by atoms with van der Waals surface area (Å²) in [6, 6.07) is 5.05. The fourth-order valence-electron chi connectivity index (χ4n) is 2.14. The first kappa shape index (κ1) is 14.0. The highest BCUT2D eigenvalue weighted by atomic mass is 79.9. The topological polar surface area (TPSA) is 72.6 Å². The van der Waals surface area contributed by atoms with Gasteiger partial charge in [0.15, 0.2) is 0 Å². The molecule has 5 nitrogen and oxygen atoms in total. The second-order valence-corrected chi connectivity index (χ2v) is 5.32. The monoisotopic (exact) mass is 326 g/mol. The summed E-state index contributed by atoms with van der Waals surface area (Å²) in [5.74, 6) is -0.227. The number of carbonyl (C=O) groups is 2. The van der Waals surface area contributed by atoms with Crippen molar-refractivity contribution in [3.05, 3.63) is 28.2 Å². The molecule has 0 bridgehead atoms. The molecule has 0 aliphatic carbocycles. The molecule has 1 unspecified atom stereocenters. The molecule has 1 aromatic rings. The Labute approximate surface area is 119 Å². The van der Waals surface area contributed by atoms with Crippen molar-refractivity contribution in [1.82, 2.24) is 0 Å². The minimum Gasteiger partial charge on any atom is -0.465 e. The highest BCUT2D eigenvalue weighted by Crippen LogP contribution is 2.32. The van der Waals surface area contributed by atoms with Gasteiger partial charge in [0.2, 0.25) is 5.91 Å². The molecule has 0 spiro atoms. The molecule has 1 aliphatic rings. The van der Waals surface area contributed by atoms with Crippen LogP contribution in [-0.2, 0) is 9.53 Å². The summed E-state index contributed by atoms with van der Waals surface area (Å²) in [4.78, 5) is 25.2. The van der Waals surface area contributed by atoms with Crippen molar-refractivity contribution in [2.45, 2.75) is 6.42 Å². The van der Waals surface area contributed by atoms with E-state index < -0.39 is 5.97 Å². The zero-order valence-electron chi connectivity index (χ0n) is 10.6. The average Bonchev–Trinajstić information content (AvgIpc) is 2.79. The predicted octanol–water partition coefficient (Wildman–Crippen LogP) is 1.55. The molecule has 6 heteroatoms. The lowest BCUT2D eigenvalue weighted by molar-refractivity contribution is -0.117. The van der Waals surface area contributed by atoms with Gasteiger partial charge in [0.1, 0.15) is 0 Å². The van der Waals surface area contributed by atoms with Gasteiger partial charge in [0, 0.05) is 17.4 Å². The quantitative estimate of drug-likeness (QED) is 0.855. The molecule has 1 heterocycles. The van der Waals surface area contributed by atoms with E-state index in [0.717, 1.165) is 4.47 Å². The van der Waals surface area contributed by atoms with Crippen LogP contribution in [0.1, 0.15) is 16.8 Å². The van der Waals surface area contributed by atoms with Crippen molar-refractivity contribution >= 4 is 33.5 Å². The van der Waals surface area contributed by atoms with E-state index in [-0.39, 0.29) is 11.8 Å². The highest BCUT2D eigenvalue weighted by molar-refractivity contribution is 9.10. The molecule has 2 rings (SSSR count). The number of nitrogens with two attached hydrogens (primary N) is 1. The molecular weight excluding hydrogens is 312 g/mol. The Morgan fingerprint density at radius 3 is 2.89 bits per heavy atom. The standard InChI is InChI=1S/C13H15BrN2O3/c1-19-13(18)9-2-3-10(14)11(5-9)16-7-8(6-15)4-12(16)17/h2-3,5,8H,4,6-7,15H2,1H3. The summed E-state index contributed by atoms with van der Waals surface area (Å²) in [5.41, 5.74) is 6.71. The minimum absolute atomic E-state index is 0.0261. The number of hydrogen-bond donors (Lipinski definition) is 1. The first-order chi connectivity index (χ1) is 9.06. The molecule has 19 heavy (non-hydrogen) atoms. The first-order valence-electron chi connectivity index (χ1n) is 5.95. The van der Waals surface area contributed by atoms with Gasteiger partial charge in [-0.05, 0) is 46.6 Å². The summed E-state index contributed by atoms with van der Waals surface area (Å²) in [6.07, 6.45) is 0.450. The van der Waals surface area contributed by atoms with E-state index in [4.69, 9.17) is 5.73 Å². The van der Waals surface area contributed by atoms with Gasteiger partial charge in [0.05, 0.1) is 18.4 Å². The van der Waals surface area contributed by atoms with Crippen molar-refractivity contribution in [2.75, 3.05) is 25.1 Å². The van der Waals surface area contributed by atoms with Gasteiger partial charge in [-0.1, -0.05) is 0 Å². The van der Waals surface area contributed by atoms with Crippen LogP contribution in [-0.4, -0.2) is 32.1 Å². The zero-order chi connectivity index (χ0) is 14.0. The first-order valence-corrected chi connectivity index (χ1v) is 6.74.